The lowest BCUT2D eigenvalue weighted by molar-refractivity contribution is 0.553. The highest BCUT2D eigenvalue weighted by Crippen LogP contribution is 2.42. The van der Waals surface area contributed by atoms with Crippen LogP contribution in [0.15, 0.2) is 18.5 Å². The first kappa shape index (κ1) is 7.71. The third-order valence-electron chi connectivity index (χ3n) is 2.55. The summed E-state index contributed by atoms with van der Waals surface area (Å²) in [5.41, 5.74) is 0. The van der Waals surface area contributed by atoms with Crippen molar-refractivity contribution in [3.8, 4) is 0 Å². The van der Waals surface area contributed by atoms with Crippen LogP contribution < -0.4 is 0 Å². The molecule has 1 fully saturated rings. The van der Waals surface area contributed by atoms with E-state index in [1.165, 1.54) is 19.3 Å². The molecule has 1 aliphatic rings. The van der Waals surface area contributed by atoms with Crippen molar-refractivity contribution >= 4 is 0 Å². The first-order chi connectivity index (χ1) is 5.92. The first-order valence-electron chi connectivity index (χ1n) is 4.68. The van der Waals surface area contributed by atoms with Gasteiger partial charge in [0, 0.05) is 18.3 Å². The second-order valence-corrected chi connectivity index (χ2v) is 3.46. The molecule has 1 aromatic rings. The van der Waals surface area contributed by atoms with Crippen LogP contribution in [0.2, 0.25) is 0 Å². The van der Waals surface area contributed by atoms with Crippen molar-refractivity contribution in [3.63, 3.8) is 0 Å². The Kier molecular flexibility index (Phi) is 2.07. The van der Waals surface area contributed by atoms with E-state index in [2.05, 4.69) is 16.9 Å². The first-order valence-corrected chi connectivity index (χ1v) is 4.68. The largest absolute Gasteiger partial charge is 0.241 e. The third kappa shape index (κ3) is 1.47. The van der Waals surface area contributed by atoms with E-state index in [4.69, 9.17) is 0 Å². The maximum atomic E-state index is 4.30. The van der Waals surface area contributed by atoms with E-state index in [0.29, 0.717) is 5.92 Å². The molecule has 0 aliphatic heterocycles. The molecule has 0 N–H and O–H groups in total. The van der Waals surface area contributed by atoms with Crippen LogP contribution in [0.5, 0.6) is 0 Å². The van der Waals surface area contributed by atoms with Crippen LogP contribution in [0.1, 0.15) is 37.9 Å². The summed E-state index contributed by atoms with van der Waals surface area (Å²) in [4.78, 5) is 8.60. The Morgan fingerprint density at radius 2 is 2.08 bits per heavy atom. The molecule has 0 amide bonds. The highest BCUT2D eigenvalue weighted by molar-refractivity contribution is 5.02. The molecule has 2 rings (SSSR count). The number of aromatic nitrogens is 2. The Morgan fingerprint density at radius 3 is 2.58 bits per heavy atom. The average molecular weight is 162 g/mol. The topological polar surface area (TPSA) is 25.8 Å². The SMILES string of the molecule is CCC(c1ncccn1)C1CC1. The van der Waals surface area contributed by atoms with Crippen molar-refractivity contribution in [2.24, 2.45) is 5.92 Å². The van der Waals surface area contributed by atoms with E-state index in [1.54, 1.807) is 0 Å². The fraction of sp³-hybridized carbons (Fsp3) is 0.600. The Balaban J connectivity index is 2.15. The monoisotopic (exact) mass is 162 g/mol. The van der Waals surface area contributed by atoms with Crippen LogP contribution in [0.25, 0.3) is 0 Å². The fourth-order valence-electron chi connectivity index (χ4n) is 1.73. The summed E-state index contributed by atoms with van der Waals surface area (Å²) in [6.07, 6.45) is 7.60. The van der Waals surface area contributed by atoms with E-state index in [9.17, 15) is 0 Å². The van der Waals surface area contributed by atoms with Gasteiger partial charge in [0.25, 0.3) is 0 Å². The zero-order chi connectivity index (χ0) is 8.39. The molecule has 0 spiro atoms. The second kappa shape index (κ2) is 3.21. The minimum absolute atomic E-state index is 0.617. The van der Waals surface area contributed by atoms with Crippen molar-refractivity contribution in [2.75, 3.05) is 0 Å². The third-order valence-corrected chi connectivity index (χ3v) is 2.55. The van der Waals surface area contributed by atoms with E-state index >= 15 is 0 Å². The van der Waals surface area contributed by atoms with E-state index in [0.717, 1.165) is 11.7 Å². The Labute approximate surface area is 73.1 Å². The van der Waals surface area contributed by atoms with E-state index in [-0.39, 0.29) is 0 Å². The quantitative estimate of drug-likeness (QED) is 0.682. The summed E-state index contributed by atoms with van der Waals surface area (Å²) in [6, 6.07) is 1.88. The molecule has 0 radical (unpaired) electrons. The minimum Gasteiger partial charge on any atom is -0.241 e. The van der Waals surface area contributed by atoms with Gasteiger partial charge in [-0.15, -0.1) is 0 Å². The standard InChI is InChI=1S/C10H14N2/c1-2-9(8-4-5-8)10-11-6-3-7-12-10/h3,6-9H,2,4-5H2,1H3. The van der Waals surface area contributed by atoms with Crippen molar-refractivity contribution in [3.05, 3.63) is 24.3 Å². The number of hydrogen-bond donors (Lipinski definition) is 0. The molecule has 1 atom stereocenters. The average Bonchev–Trinajstić information content (AvgIpc) is 2.92. The lowest BCUT2D eigenvalue weighted by Crippen LogP contribution is -2.04. The van der Waals surface area contributed by atoms with Crippen molar-refractivity contribution < 1.29 is 0 Å². The van der Waals surface area contributed by atoms with Gasteiger partial charge in [0.1, 0.15) is 5.82 Å². The number of rotatable bonds is 3. The van der Waals surface area contributed by atoms with Gasteiger partial charge in [-0.05, 0) is 31.2 Å². The van der Waals surface area contributed by atoms with Gasteiger partial charge in [0.2, 0.25) is 0 Å². The number of hydrogen-bond acceptors (Lipinski definition) is 2. The van der Waals surface area contributed by atoms with Gasteiger partial charge in [-0.1, -0.05) is 6.92 Å². The van der Waals surface area contributed by atoms with Gasteiger partial charge in [-0.2, -0.15) is 0 Å². The Bertz CT molecular complexity index is 241. The summed E-state index contributed by atoms with van der Waals surface area (Å²) >= 11 is 0. The van der Waals surface area contributed by atoms with Crippen molar-refractivity contribution in [2.45, 2.75) is 32.1 Å². The molecular formula is C10H14N2. The smallest absolute Gasteiger partial charge is 0.131 e. The summed E-state index contributed by atoms with van der Waals surface area (Å²) < 4.78 is 0. The molecular weight excluding hydrogens is 148 g/mol. The predicted molar refractivity (Wildman–Crippen MR) is 47.8 cm³/mol. The van der Waals surface area contributed by atoms with Crippen LogP contribution in [-0.2, 0) is 0 Å². The van der Waals surface area contributed by atoms with Gasteiger partial charge in [0.05, 0.1) is 0 Å². The molecule has 12 heavy (non-hydrogen) atoms. The summed E-state index contributed by atoms with van der Waals surface area (Å²) in [6.45, 7) is 2.22. The Hall–Kier alpha value is -0.920. The fourth-order valence-corrected chi connectivity index (χ4v) is 1.73. The zero-order valence-corrected chi connectivity index (χ0v) is 7.40. The minimum atomic E-state index is 0.617. The maximum Gasteiger partial charge on any atom is 0.131 e. The normalized spacial score (nSPS) is 19.1. The lowest BCUT2D eigenvalue weighted by atomic mass is 10.00. The van der Waals surface area contributed by atoms with Crippen molar-refractivity contribution in [1.82, 2.24) is 9.97 Å². The highest BCUT2D eigenvalue weighted by Gasteiger charge is 2.32. The van der Waals surface area contributed by atoms with Crippen molar-refractivity contribution in [1.29, 1.82) is 0 Å². The van der Waals surface area contributed by atoms with Crippen LogP contribution in [0, 0.1) is 5.92 Å². The second-order valence-electron chi connectivity index (χ2n) is 3.46. The van der Waals surface area contributed by atoms with Gasteiger partial charge in [-0.3, -0.25) is 0 Å². The molecule has 2 nitrogen and oxygen atoms in total. The lowest BCUT2D eigenvalue weighted by Gasteiger charge is -2.10. The summed E-state index contributed by atoms with van der Waals surface area (Å²) in [5.74, 6) is 2.53. The summed E-state index contributed by atoms with van der Waals surface area (Å²) in [5, 5.41) is 0. The van der Waals surface area contributed by atoms with Crippen LogP contribution in [0.4, 0.5) is 0 Å². The summed E-state index contributed by atoms with van der Waals surface area (Å²) in [7, 11) is 0. The molecule has 1 saturated carbocycles. The molecule has 1 heterocycles. The van der Waals surface area contributed by atoms with Gasteiger partial charge in [0.15, 0.2) is 0 Å². The molecule has 64 valence electrons. The molecule has 1 aromatic heterocycles. The molecule has 0 aromatic carbocycles. The van der Waals surface area contributed by atoms with Gasteiger partial charge < -0.3 is 0 Å². The van der Waals surface area contributed by atoms with Crippen LogP contribution in [-0.4, -0.2) is 9.97 Å². The predicted octanol–water partition coefficient (Wildman–Crippen LogP) is 2.38. The molecule has 0 saturated heterocycles. The molecule has 2 heteroatoms. The van der Waals surface area contributed by atoms with Crippen LogP contribution >= 0.6 is 0 Å². The van der Waals surface area contributed by atoms with Crippen LogP contribution in [0.3, 0.4) is 0 Å². The molecule has 1 aliphatic carbocycles. The Morgan fingerprint density at radius 1 is 1.42 bits per heavy atom. The van der Waals surface area contributed by atoms with E-state index in [1.807, 2.05) is 18.5 Å². The van der Waals surface area contributed by atoms with E-state index < -0.39 is 0 Å². The van der Waals surface area contributed by atoms with Gasteiger partial charge in [-0.25, -0.2) is 9.97 Å². The zero-order valence-electron chi connectivity index (χ0n) is 7.40. The number of nitrogens with zero attached hydrogens (tertiary/aromatic N) is 2. The molecule has 0 bridgehead atoms. The molecule has 1 unspecified atom stereocenters. The maximum absolute atomic E-state index is 4.30. The highest BCUT2D eigenvalue weighted by atomic mass is 14.9. The van der Waals surface area contributed by atoms with Gasteiger partial charge >= 0.3 is 0 Å².